The Bertz CT molecular complexity index is 1150. The van der Waals surface area contributed by atoms with Crippen molar-refractivity contribution < 1.29 is 32.3 Å². The lowest BCUT2D eigenvalue weighted by Gasteiger charge is -2.26. The van der Waals surface area contributed by atoms with Crippen molar-refractivity contribution in [1.82, 2.24) is 4.31 Å². The third kappa shape index (κ3) is 5.16. The van der Waals surface area contributed by atoms with Gasteiger partial charge in [-0.1, -0.05) is 0 Å². The number of non-ortho nitro benzene ring substituents is 1. The highest BCUT2D eigenvalue weighted by Crippen LogP contribution is 2.39. The summed E-state index contributed by atoms with van der Waals surface area (Å²) in [7, 11) is 0.408. The average Bonchev–Trinajstić information content (AvgIpc) is 2.83. The number of nitro benzene ring substituents is 1. The fourth-order valence-corrected chi connectivity index (χ4v) is 4.82. The third-order valence-corrected chi connectivity index (χ3v) is 6.83. The number of nitro groups is 1. The van der Waals surface area contributed by atoms with Crippen molar-refractivity contribution in [2.45, 2.75) is 4.90 Å². The summed E-state index contributed by atoms with van der Waals surface area (Å²) in [5.41, 5.74) is 2.94. The zero-order valence-corrected chi connectivity index (χ0v) is 19.1. The van der Waals surface area contributed by atoms with E-state index in [1.54, 1.807) is 12.1 Å². The van der Waals surface area contributed by atoms with Gasteiger partial charge in [0.05, 0.1) is 51.4 Å². The van der Waals surface area contributed by atoms with Crippen molar-refractivity contribution >= 4 is 27.6 Å². The maximum Gasteiger partial charge on any atom is 0.270 e. The molecule has 12 nitrogen and oxygen atoms in total. The van der Waals surface area contributed by atoms with Gasteiger partial charge in [0.25, 0.3) is 5.69 Å². The maximum atomic E-state index is 13.2. The number of methoxy groups -OCH3 is 3. The van der Waals surface area contributed by atoms with Crippen LogP contribution < -0.4 is 19.6 Å². The van der Waals surface area contributed by atoms with E-state index in [1.807, 2.05) is 0 Å². The number of benzene rings is 2. The van der Waals surface area contributed by atoms with Crippen LogP contribution in [0.25, 0.3) is 0 Å². The van der Waals surface area contributed by atoms with Crippen molar-refractivity contribution in [3.05, 3.63) is 46.0 Å². The molecule has 1 aliphatic rings. The van der Waals surface area contributed by atoms with E-state index < -0.39 is 14.9 Å². The Morgan fingerprint density at radius 2 is 1.79 bits per heavy atom. The summed E-state index contributed by atoms with van der Waals surface area (Å²) < 4.78 is 48.8. The smallest absolute Gasteiger partial charge is 0.270 e. The molecule has 1 saturated heterocycles. The van der Waals surface area contributed by atoms with E-state index in [0.717, 1.165) is 6.07 Å². The highest BCUT2D eigenvalue weighted by Gasteiger charge is 2.30. The molecule has 2 aromatic carbocycles. The van der Waals surface area contributed by atoms with Crippen LogP contribution in [-0.2, 0) is 14.8 Å². The van der Waals surface area contributed by atoms with E-state index in [1.165, 1.54) is 44.0 Å². The molecule has 1 heterocycles. The van der Waals surface area contributed by atoms with Crippen molar-refractivity contribution in [2.75, 3.05) is 53.1 Å². The molecule has 0 aliphatic carbocycles. The van der Waals surface area contributed by atoms with Gasteiger partial charge in [-0.15, -0.1) is 0 Å². The van der Waals surface area contributed by atoms with Crippen LogP contribution in [0.4, 0.5) is 11.4 Å². The molecule has 0 amide bonds. The van der Waals surface area contributed by atoms with Gasteiger partial charge in [-0.05, 0) is 18.2 Å². The first-order valence-electron chi connectivity index (χ1n) is 9.77. The van der Waals surface area contributed by atoms with Crippen molar-refractivity contribution in [2.24, 2.45) is 5.10 Å². The molecular formula is C20H24N4O8S. The molecule has 0 saturated carbocycles. The molecular weight excluding hydrogens is 456 g/mol. The van der Waals surface area contributed by atoms with E-state index in [9.17, 15) is 18.5 Å². The number of sulfonamides is 1. The standard InChI is InChI=1S/C20H24N4O8S/c1-29-17-7-4-14(19(30-2)20(17)31-3)13-21-22-16-6-5-15(24(25)26)12-18(16)33(27,28)23-8-10-32-11-9-23/h4-7,12-13,22H,8-11H2,1-3H3/b21-13+. The summed E-state index contributed by atoms with van der Waals surface area (Å²) in [5.74, 6) is 1.20. The highest BCUT2D eigenvalue weighted by atomic mass is 32.2. The molecule has 178 valence electrons. The Balaban J connectivity index is 1.96. The van der Waals surface area contributed by atoms with Gasteiger partial charge in [0.2, 0.25) is 15.8 Å². The molecule has 1 N–H and O–H groups in total. The fourth-order valence-electron chi connectivity index (χ4n) is 3.25. The Hall–Kier alpha value is -3.42. The first-order chi connectivity index (χ1) is 15.8. The van der Waals surface area contributed by atoms with Gasteiger partial charge < -0.3 is 18.9 Å². The molecule has 3 rings (SSSR count). The highest BCUT2D eigenvalue weighted by molar-refractivity contribution is 7.89. The van der Waals surface area contributed by atoms with Gasteiger partial charge in [0.15, 0.2) is 11.5 Å². The zero-order chi connectivity index (χ0) is 24.0. The lowest BCUT2D eigenvalue weighted by Crippen LogP contribution is -2.40. The average molecular weight is 480 g/mol. The van der Waals surface area contributed by atoms with Crippen LogP contribution in [0.2, 0.25) is 0 Å². The van der Waals surface area contributed by atoms with E-state index >= 15 is 0 Å². The quantitative estimate of drug-likeness (QED) is 0.324. The summed E-state index contributed by atoms with van der Waals surface area (Å²) in [6, 6.07) is 6.87. The molecule has 0 aromatic heterocycles. The van der Waals surface area contributed by atoms with Crippen LogP contribution in [0.15, 0.2) is 40.3 Å². The normalized spacial score (nSPS) is 14.8. The number of hydrogen-bond donors (Lipinski definition) is 1. The van der Waals surface area contributed by atoms with Gasteiger partial charge >= 0.3 is 0 Å². The van der Waals surface area contributed by atoms with Crippen LogP contribution in [0.5, 0.6) is 17.2 Å². The second kappa shape index (κ2) is 10.5. The predicted molar refractivity (Wildman–Crippen MR) is 120 cm³/mol. The van der Waals surface area contributed by atoms with Gasteiger partial charge in [0.1, 0.15) is 4.90 Å². The van der Waals surface area contributed by atoms with Gasteiger partial charge in [-0.2, -0.15) is 9.41 Å². The monoisotopic (exact) mass is 480 g/mol. The second-order valence-electron chi connectivity index (χ2n) is 6.75. The fraction of sp³-hybridized carbons (Fsp3) is 0.350. The van der Waals surface area contributed by atoms with Crippen LogP contribution in [0.1, 0.15) is 5.56 Å². The zero-order valence-electron chi connectivity index (χ0n) is 18.3. The van der Waals surface area contributed by atoms with E-state index in [2.05, 4.69) is 10.5 Å². The molecule has 33 heavy (non-hydrogen) atoms. The Labute approximate surface area is 190 Å². The SMILES string of the molecule is COc1ccc(/C=N/Nc2ccc([N+](=O)[O-])cc2S(=O)(=O)N2CCOCC2)c(OC)c1OC. The minimum atomic E-state index is -4.02. The van der Waals surface area contributed by atoms with E-state index in [-0.39, 0.29) is 42.6 Å². The number of rotatable bonds is 9. The van der Waals surface area contributed by atoms with Gasteiger partial charge in [0, 0.05) is 30.8 Å². The molecule has 1 aliphatic heterocycles. The predicted octanol–water partition coefficient (Wildman–Crippen LogP) is 2.09. The Morgan fingerprint density at radius 3 is 2.39 bits per heavy atom. The van der Waals surface area contributed by atoms with Crippen LogP contribution in [0, 0.1) is 10.1 Å². The minimum absolute atomic E-state index is 0.0859. The van der Waals surface area contributed by atoms with Crippen LogP contribution in [-0.4, -0.2) is 71.5 Å². The summed E-state index contributed by atoms with van der Waals surface area (Å²) in [4.78, 5) is 10.3. The number of ether oxygens (including phenoxy) is 4. The summed E-state index contributed by atoms with van der Waals surface area (Å²) in [6.45, 7) is 0.787. The van der Waals surface area contributed by atoms with Crippen molar-refractivity contribution in [1.29, 1.82) is 0 Å². The number of nitrogens with zero attached hydrogens (tertiary/aromatic N) is 3. The van der Waals surface area contributed by atoms with E-state index in [0.29, 0.717) is 22.8 Å². The van der Waals surface area contributed by atoms with Gasteiger partial charge in [-0.3, -0.25) is 15.5 Å². The van der Waals surface area contributed by atoms with Crippen LogP contribution in [0.3, 0.4) is 0 Å². The summed E-state index contributed by atoms with van der Waals surface area (Å²) in [5, 5.41) is 15.4. The van der Waals surface area contributed by atoms with E-state index in [4.69, 9.17) is 18.9 Å². The molecule has 1 fully saturated rings. The molecule has 0 spiro atoms. The molecule has 2 aromatic rings. The number of anilines is 1. The minimum Gasteiger partial charge on any atom is -0.493 e. The Morgan fingerprint density at radius 1 is 1.09 bits per heavy atom. The molecule has 13 heteroatoms. The molecule has 0 bridgehead atoms. The molecule has 0 radical (unpaired) electrons. The first-order valence-corrected chi connectivity index (χ1v) is 11.2. The summed E-state index contributed by atoms with van der Waals surface area (Å²) >= 11 is 0. The number of nitrogens with one attached hydrogen (secondary N) is 1. The van der Waals surface area contributed by atoms with Crippen LogP contribution >= 0.6 is 0 Å². The maximum absolute atomic E-state index is 13.2. The lowest BCUT2D eigenvalue weighted by atomic mass is 10.2. The van der Waals surface area contributed by atoms with Crippen molar-refractivity contribution in [3.8, 4) is 17.2 Å². The largest absolute Gasteiger partial charge is 0.493 e. The second-order valence-corrected chi connectivity index (χ2v) is 8.65. The van der Waals surface area contributed by atoms with Gasteiger partial charge in [-0.25, -0.2) is 8.42 Å². The number of morpholine rings is 1. The third-order valence-electron chi connectivity index (χ3n) is 4.89. The van der Waals surface area contributed by atoms with Crippen molar-refractivity contribution in [3.63, 3.8) is 0 Å². The lowest BCUT2D eigenvalue weighted by molar-refractivity contribution is -0.385. The number of hydrogen-bond acceptors (Lipinski definition) is 10. The topological polar surface area (TPSA) is 142 Å². The molecule has 0 unspecified atom stereocenters. The molecule has 0 atom stereocenters. The first kappa shape index (κ1) is 24.2. The Kier molecular flexibility index (Phi) is 7.68. The number of hydrazone groups is 1. The summed E-state index contributed by atoms with van der Waals surface area (Å²) in [6.07, 6.45) is 1.41.